The summed E-state index contributed by atoms with van der Waals surface area (Å²) in [6.45, 7) is 2.20. The molecule has 0 radical (unpaired) electrons. The molecular weight excluding hydrogens is 437 g/mol. The normalized spacial score (nSPS) is 17.0. The minimum atomic E-state index is 0.437. The van der Waals surface area contributed by atoms with Crippen molar-refractivity contribution in [3.63, 3.8) is 0 Å². The van der Waals surface area contributed by atoms with Gasteiger partial charge in [-0.1, -0.05) is 6.92 Å². The first-order valence-electron chi connectivity index (χ1n) is 8.05. The number of hydrogen-bond donors (Lipinski definition) is 5. The first kappa shape index (κ1) is 25.8. The molecule has 0 aliphatic heterocycles. The van der Waals surface area contributed by atoms with E-state index in [1.54, 1.807) is 0 Å². The molecule has 0 saturated carbocycles. The van der Waals surface area contributed by atoms with Gasteiger partial charge in [-0.05, 0) is 41.8 Å². The fraction of sp³-hybridized carbons (Fsp3) is 1.00. The molecule has 0 aromatic carbocycles. The van der Waals surface area contributed by atoms with Gasteiger partial charge in [-0.3, -0.25) is 0 Å². The summed E-state index contributed by atoms with van der Waals surface area (Å²) >= 11 is 28.5. The van der Waals surface area contributed by atoms with Crippen LogP contribution in [0.5, 0.6) is 0 Å². The molecule has 0 saturated heterocycles. The van der Waals surface area contributed by atoms with Gasteiger partial charge in [-0.2, -0.15) is 98.4 Å². The minimum Gasteiger partial charge on any atom is -0.179 e. The highest BCUT2D eigenvalue weighted by atomic mass is 32.2. The lowest BCUT2D eigenvalue weighted by Crippen LogP contribution is -2.27. The second-order valence-corrected chi connectivity index (χ2v) is 12.0. The van der Waals surface area contributed by atoms with Crippen LogP contribution in [0.1, 0.15) is 26.2 Å². The van der Waals surface area contributed by atoms with Gasteiger partial charge in [0, 0.05) is 38.8 Å². The predicted octanol–water partition coefficient (Wildman–Crippen LogP) is 5.50. The van der Waals surface area contributed by atoms with E-state index in [4.69, 9.17) is 0 Å². The molecular formula is C15H32S8. The van der Waals surface area contributed by atoms with Crippen LogP contribution in [0, 0.1) is 0 Å². The fourth-order valence-corrected chi connectivity index (χ4v) is 8.09. The highest BCUT2D eigenvalue weighted by Gasteiger charge is 2.24. The van der Waals surface area contributed by atoms with Crippen LogP contribution in [0.4, 0.5) is 0 Å². The Labute approximate surface area is 184 Å². The van der Waals surface area contributed by atoms with E-state index in [1.165, 1.54) is 18.6 Å². The average Bonchev–Trinajstić information content (AvgIpc) is 2.53. The third-order valence-corrected chi connectivity index (χ3v) is 10.0. The van der Waals surface area contributed by atoms with Gasteiger partial charge >= 0.3 is 0 Å². The van der Waals surface area contributed by atoms with Gasteiger partial charge < -0.3 is 0 Å². The average molecular weight is 469 g/mol. The Morgan fingerprint density at radius 1 is 0.826 bits per heavy atom. The number of thiol groups is 5. The van der Waals surface area contributed by atoms with Gasteiger partial charge in [-0.15, -0.1) is 0 Å². The maximum Gasteiger partial charge on any atom is 0.0255 e. The van der Waals surface area contributed by atoms with Crippen molar-refractivity contribution < 1.29 is 0 Å². The summed E-state index contributed by atoms with van der Waals surface area (Å²) in [7, 11) is 0. The van der Waals surface area contributed by atoms with E-state index in [2.05, 4.69) is 93.6 Å². The lowest BCUT2D eigenvalue weighted by atomic mass is 10.2. The van der Waals surface area contributed by atoms with Crippen molar-refractivity contribution in [2.75, 3.05) is 40.3 Å². The monoisotopic (exact) mass is 468 g/mol. The summed E-state index contributed by atoms with van der Waals surface area (Å²) in [5.74, 6) is 7.26. The van der Waals surface area contributed by atoms with Crippen LogP contribution in [-0.4, -0.2) is 61.3 Å². The van der Waals surface area contributed by atoms with E-state index in [-0.39, 0.29) is 0 Å². The number of rotatable bonds is 16. The summed E-state index contributed by atoms with van der Waals surface area (Å²) < 4.78 is 0. The summed E-state index contributed by atoms with van der Waals surface area (Å²) in [5.41, 5.74) is 0. The highest BCUT2D eigenvalue weighted by molar-refractivity contribution is 8.06. The third kappa shape index (κ3) is 14.5. The van der Waals surface area contributed by atoms with Crippen molar-refractivity contribution in [3.8, 4) is 0 Å². The molecule has 0 aliphatic rings. The molecule has 0 fully saturated rings. The van der Waals surface area contributed by atoms with Crippen LogP contribution in [-0.2, 0) is 0 Å². The molecule has 0 aliphatic carbocycles. The third-order valence-electron chi connectivity index (χ3n) is 3.22. The standard InChI is InChI=1S/C15H32S8/c1-12(20)9-14(15(10-19)22-8-6-18)23-11-13(3-2-4-16)21-7-5-17/h12-20H,2-11H2,1H3. The summed E-state index contributed by atoms with van der Waals surface area (Å²) in [6.07, 6.45) is 3.61. The Hall–Kier alpha value is 2.80. The van der Waals surface area contributed by atoms with Crippen molar-refractivity contribution >= 4 is 98.4 Å². The van der Waals surface area contributed by atoms with Gasteiger partial charge in [-0.25, -0.2) is 0 Å². The van der Waals surface area contributed by atoms with E-state index < -0.39 is 0 Å². The number of thioether (sulfide) groups is 3. The second kappa shape index (κ2) is 18.2. The maximum atomic E-state index is 4.63. The van der Waals surface area contributed by atoms with Crippen LogP contribution in [0.2, 0.25) is 0 Å². The van der Waals surface area contributed by atoms with Crippen LogP contribution >= 0.6 is 98.4 Å². The van der Waals surface area contributed by atoms with Gasteiger partial charge in [0.15, 0.2) is 0 Å². The molecule has 0 bridgehead atoms. The predicted molar refractivity (Wildman–Crippen MR) is 136 cm³/mol. The highest BCUT2D eigenvalue weighted by Crippen LogP contribution is 2.33. The number of hydrogen-bond acceptors (Lipinski definition) is 8. The largest absolute Gasteiger partial charge is 0.179 e. The zero-order valence-electron chi connectivity index (χ0n) is 13.8. The molecule has 0 N–H and O–H groups in total. The van der Waals surface area contributed by atoms with Crippen molar-refractivity contribution in [1.82, 2.24) is 0 Å². The molecule has 140 valence electrons. The molecule has 0 aromatic heterocycles. The molecule has 0 spiro atoms. The minimum absolute atomic E-state index is 0.437. The molecule has 23 heavy (non-hydrogen) atoms. The molecule has 8 heteroatoms. The summed E-state index contributed by atoms with van der Waals surface area (Å²) in [6, 6.07) is 0. The second-order valence-electron chi connectivity index (χ2n) is 5.35. The van der Waals surface area contributed by atoms with Gasteiger partial charge in [0.05, 0.1) is 0 Å². The van der Waals surface area contributed by atoms with E-state index in [1.807, 2.05) is 11.8 Å². The molecule has 0 heterocycles. The zero-order chi connectivity index (χ0) is 17.5. The van der Waals surface area contributed by atoms with Crippen molar-refractivity contribution in [1.29, 1.82) is 0 Å². The molecule has 0 rings (SSSR count). The lowest BCUT2D eigenvalue weighted by Gasteiger charge is -2.28. The Morgan fingerprint density at radius 3 is 2.00 bits per heavy atom. The SMILES string of the molecule is CC(S)CC(SCC(CCCS)SCCS)C(CS)SCCS. The molecule has 0 nitrogen and oxygen atoms in total. The Balaban J connectivity index is 4.56. The quantitative estimate of drug-likeness (QED) is 0.190. The smallest absolute Gasteiger partial charge is 0.0255 e. The first-order valence-corrected chi connectivity index (χ1v) is 14.2. The molecule has 0 amide bonds. The van der Waals surface area contributed by atoms with E-state index >= 15 is 0 Å². The Kier molecular flexibility index (Phi) is 20.4. The van der Waals surface area contributed by atoms with Crippen molar-refractivity contribution in [2.24, 2.45) is 0 Å². The van der Waals surface area contributed by atoms with Gasteiger partial charge in [0.2, 0.25) is 0 Å². The van der Waals surface area contributed by atoms with Gasteiger partial charge in [0.1, 0.15) is 0 Å². The van der Waals surface area contributed by atoms with E-state index in [0.717, 1.165) is 40.9 Å². The van der Waals surface area contributed by atoms with E-state index in [9.17, 15) is 0 Å². The molecule has 0 aromatic rings. The van der Waals surface area contributed by atoms with Crippen molar-refractivity contribution in [2.45, 2.75) is 47.2 Å². The molecule has 4 atom stereocenters. The van der Waals surface area contributed by atoms with Crippen LogP contribution in [0.3, 0.4) is 0 Å². The Morgan fingerprint density at radius 2 is 1.48 bits per heavy atom. The molecule has 4 unspecified atom stereocenters. The van der Waals surface area contributed by atoms with E-state index in [0.29, 0.717) is 21.0 Å². The van der Waals surface area contributed by atoms with Crippen molar-refractivity contribution in [3.05, 3.63) is 0 Å². The van der Waals surface area contributed by atoms with Gasteiger partial charge in [0.25, 0.3) is 0 Å². The van der Waals surface area contributed by atoms with Crippen LogP contribution < -0.4 is 0 Å². The fourth-order valence-electron chi connectivity index (χ4n) is 2.13. The van der Waals surface area contributed by atoms with Crippen LogP contribution in [0.15, 0.2) is 0 Å². The maximum absolute atomic E-state index is 4.63. The Bertz CT molecular complexity index is 244. The summed E-state index contributed by atoms with van der Waals surface area (Å²) in [5, 5.41) is 2.37. The summed E-state index contributed by atoms with van der Waals surface area (Å²) in [4.78, 5) is 0. The zero-order valence-corrected chi connectivity index (χ0v) is 20.8. The first-order chi connectivity index (χ1) is 11.1. The topological polar surface area (TPSA) is 0 Å². The van der Waals surface area contributed by atoms with Crippen LogP contribution in [0.25, 0.3) is 0 Å². The lowest BCUT2D eigenvalue weighted by molar-refractivity contribution is 0.745.